The average molecular weight is 426 g/mol. The summed E-state index contributed by atoms with van der Waals surface area (Å²) in [5.74, 6) is 0.828. The normalized spacial score (nSPS) is 11.0. The Kier molecular flexibility index (Phi) is 5.14. The highest BCUT2D eigenvalue weighted by molar-refractivity contribution is 6.30. The van der Waals surface area contributed by atoms with Crippen molar-refractivity contribution in [1.82, 2.24) is 14.6 Å². The van der Waals surface area contributed by atoms with Crippen molar-refractivity contribution in [2.75, 3.05) is 0 Å². The van der Waals surface area contributed by atoms with Crippen LogP contribution in [-0.2, 0) is 6.61 Å². The highest BCUT2D eigenvalue weighted by atomic mass is 35.5. The summed E-state index contributed by atoms with van der Waals surface area (Å²) in [5.41, 5.74) is 6.87. The Labute approximate surface area is 185 Å². The lowest BCUT2D eigenvalue weighted by molar-refractivity contribution is 0.306. The third kappa shape index (κ3) is 3.90. The molecule has 0 atom stereocenters. The van der Waals surface area contributed by atoms with E-state index in [1.807, 2.05) is 90.4 Å². The summed E-state index contributed by atoms with van der Waals surface area (Å²) in [7, 11) is 0. The number of fused-ring (bicyclic) bond motifs is 1. The SMILES string of the molecule is Cc1nn2c(-c3ccc(OCc4ccccc4)cc3)ccnc2c1-c1cccc(Cl)c1. The van der Waals surface area contributed by atoms with Crippen molar-refractivity contribution in [2.45, 2.75) is 13.5 Å². The molecule has 0 aliphatic heterocycles. The van der Waals surface area contributed by atoms with Gasteiger partial charge < -0.3 is 4.74 Å². The molecule has 0 fully saturated rings. The van der Waals surface area contributed by atoms with E-state index in [1.54, 1.807) is 0 Å². The predicted molar refractivity (Wildman–Crippen MR) is 124 cm³/mol. The van der Waals surface area contributed by atoms with Gasteiger partial charge in [-0.05, 0) is 60.5 Å². The van der Waals surface area contributed by atoms with Crippen LogP contribution in [0.1, 0.15) is 11.3 Å². The van der Waals surface area contributed by atoms with Gasteiger partial charge in [-0.1, -0.05) is 54.1 Å². The average Bonchev–Trinajstić information content (AvgIpc) is 3.14. The standard InChI is InChI=1S/C26H20ClN3O/c1-18-25(21-8-5-9-22(27)16-21)26-28-15-14-24(30(26)29-18)20-10-12-23(13-11-20)31-17-19-6-3-2-4-7-19/h2-16H,17H2,1H3. The van der Waals surface area contributed by atoms with Gasteiger partial charge >= 0.3 is 0 Å². The summed E-state index contributed by atoms with van der Waals surface area (Å²) in [6.07, 6.45) is 1.82. The van der Waals surface area contributed by atoms with E-state index in [0.717, 1.165) is 45.0 Å². The highest BCUT2D eigenvalue weighted by Crippen LogP contribution is 2.31. The Bertz CT molecular complexity index is 1340. The Balaban J connectivity index is 1.47. The van der Waals surface area contributed by atoms with Crippen molar-refractivity contribution in [3.8, 4) is 28.1 Å². The topological polar surface area (TPSA) is 39.4 Å². The summed E-state index contributed by atoms with van der Waals surface area (Å²) >= 11 is 6.21. The Morgan fingerprint density at radius 3 is 2.45 bits per heavy atom. The molecule has 0 aliphatic carbocycles. The molecular weight excluding hydrogens is 406 g/mol. The van der Waals surface area contributed by atoms with E-state index in [2.05, 4.69) is 17.1 Å². The first kappa shape index (κ1) is 19.3. The first-order valence-corrected chi connectivity index (χ1v) is 10.4. The van der Waals surface area contributed by atoms with E-state index < -0.39 is 0 Å². The van der Waals surface area contributed by atoms with E-state index in [4.69, 9.17) is 21.4 Å². The van der Waals surface area contributed by atoms with E-state index in [-0.39, 0.29) is 0 Å². The zero-order valence-electron chi connectivity index (χ0n) is 17.0. The molecule has 3 aromatic carbocycles. The molecule has 31 heavy (non-hydrogen) atoms. The summed E-state index contributed by atoms with van der Waals surface area (Å²) in [6.45, 7) is 2.54. The molecule has 2 aromatic heterocycles. The monoisotopic (exact) mass is 425 g/mol. The van der Waals surface area contributed by atoms with Crippen LogP contribution >= 0.6 is 11.6 Å². The zero-order valence-corrected chi connectivity index (χ0v) is 17.8. The zero-order chi connectivity index (χ0) is 21.2. The summed E-state index contributed by atoms with van der Waals surface area (Å²) < 4.78 is 7.81. The molecule has 0 N–H and O–H groups in total. The smallest absolute Gasteiger partial charge is 0.163 e. The Hall–Kier alpha value is -3.63. The quantitative estimate of drug-likeness (QED) is 0.318. The maximum absolute atomic E-state index is 6.21. The van der Waals surface area contributed by atoms with Gasteiger partial charge in [-0.2, -0.15) is 5.10 Å². The van der Waals surface area contributed by atoms with E-state index in [9.17, 15) is 0 Å². The predicted octanol–water partition coefficient (Wildman–Crippen LogP) is 6.60. The van der Waals surface area contributed by atoms with Gasteiger partial charge in [0.15, 0.2) is 5.65 Å². The highest BCUT2D eigenvalue weighted by Gasteiger charge is 2.16. The van der Waals surface area contributed by atoms with Gasteiger partial charge in [0.05, 0.1) is 11.4 Å². The number of hydrogen-bond acceptors (Lipinski definition) is 3. The maximum atomic E-state index is 6.21. The third-order valence-electron chi connectivity index (χ3n) is 5.21. The van der Waals surface area contributed by atoms with E-state index in [1.165, 1.54) is 0 Å². The van der Waals surface area contributed by atoms with E-state index in [0.29, 0.717) is 11.6 Å². The van der Waals surface area contributed by atoms with Crippen molar-refractivity contribution in [3.05, 3.63) is 107 Å². The van der Waals surface area contributed by atoms with Crippen LogP contribution in [0.5, 0.6) is 5.75 Å². The van der Waals surface area contributed by atoms with Crippen molar-refractivity contribution in [1.29, 1.82) is 0 Å². The molecule has 0 saturated heterocycles. The molecule has 0 radical (unpaired) electrons. The first-order chi connectivity index (χ1) is 15.2. The van der Waals surface area contributed by atoms with Crippen LogP contribution in [0.15, 0.2) is 91.1 Å². The Morgan fingerprint density at radius 2 is 1.68 bits per heavy atom. The van der Waals surface area contributed by atoms with Crippen LogP contribution in [0.4, 0.5) is 0 Å². The molecule has 0 bridgehead atoms. The minimum absolute atomic E-state index is 0.543. The van der Waals surface area contributed by atoms with E-state index >= 15 is 0 Å². The first-order valence-electron chi connectivity index (χ1n) is 10.1. The third-order valence-corrected chi connectivity index (χ3v) is 5.44. The van der Waals surface area contributed by atoms with Crippen LogP contribution < -0.4 is 4.74 Å². The molecule has 5 rings (SSSR count). The van der Waals surface area contributed by atoms with Crippen LogP contribution in [0.2, 0.25) is 5.02 Å². The number of aromatic nitrogens is 3. The summed E-state index contributed by atoms with van der Waals surface area (Å²) in [4.78, 5) is 4.61. The number of ether oxygens (including phenoxy) is 1. The fourth-order valence-electron chi connectivity index (χ4n) is 3.71. The van der Waals surface area contributed by atoms with Gasteiger partial charge in [-0.25, -0.2) is 9.50 Å². The molecule has 152 valence electrons. The molecule has 5 aromatic rings. The van der Waals surface area contributed by atoms with Gasteiger partial charge in [0.25, 0.3) is 0 Å². The second-order valence-corrected chi connectivity index (χ2v) is 7.77. The van der Waals surface area contributed by atoms with Gasteiger partial charge in [0, 0.05) is 22.3 Å². The summed E-state index contributed by atoms with van der Waals surface area (Å²) in [6, 6.07) is 28.0. The number of rotatable bonds is 5. The van der Waals surface area contributed by atoms with Crippen molar-refractivity contribution >= 4 is 17.2 Å². The Morgan fingerprint density at radius 1 is 0.871 bits per heavy atom. The fraction of sp³-hybridized carbons (Fsp3) is 0.0769. The van der Waals surface area contributed by atoms with Crippen LogP contribution in [-0.4, -0.2) is 14.6 Å². The molecule has 0 unspecified atom stereocenters. The lowest BCUT2D eigenvalue weighted by atomic mass is 10.1. The number of benzene rings is 3. The van der Waals surface area contributed by atoms with Gasteiger partial charge in [-0.15, -0.1) is 0 Å². The minimum Gasteiger partial charge on any atom is -0.489 e. The lowest BCUT2D eigenvalue weighted by Crippen LogP contribution is -1.97. The minimum atomic E-state index is 0.543. The molecule has 0 saturated carbocycles. The summed E-state index contributed by atoms with van der Waals surface area (Å²) in [5, 5.41) is 5.47. The van der Waals surface area contributed by atoms with Gasteiger partial charge in [0.1, 0.15) is 12.4 Å². The van der Waals surface area contributed by atoms with Crippen LogP contribution in [0.3, 0.4) is 0 Å². The lowest BCUT2D eigenvalue weighted by Gasteiger charge is -2.09. The van der Waals surface area contributed by atoms with Crippen molar-refractivity contribution < 1.29 is 4.74 Å². The number of aryl methyl sites for hydroxylation is 1. The number of halogens is 1. The van der Waals surface area contributed by atoms with Crippen molar-refractivity contribution in [2.24, 2.45) is 0 Å². The number of nitrogens with zero attached hydrogens (tertiary/aromatic N) is 3. The van der Waals surface area contributed by atoms with Gasteiger partial charge in [0.2, 0.25) is 0 Å². The second-order valence-electron chi connectivity index (χ2n) is 7.33. The molecule has 0 spiro atoms. The molecule has 5 heteroatoms. The van der Waals surface area contributed by atoms with Gasteiger partial charge in [-0.3, -0.25) is 0 Å². The largest absolute Gasteiger partial charge is 0.489 e. The molecule has 0 amide bonds. The molecule has 4 nitrogen and oxygen atoms in total. The molecule has 2 heterocycles. The maximum Gasteiger partial charge on any atom is 0.163 e. The van der Waals surface area contributed by atoms with Crippen LogP contribution in [0.25, 0.3) is 28.0 Å². The fourth-order valence-corrected chi connectivity index (χ4v) is 3.90. The number of hydrogen-bond donors (Lipinski definition) is 0. The second kappa shape index (κ2) is 8.25. The molecular formula is C26H20ClN3O. The van der Waals surface area contributed by atoms with Crippen molar-refractivity contribution in [3.63, 3.8) is 0 Å². The van der Waals surface area contributed by atoms with Crippen LogP contribution in [0, 0.1) is 6.92 Å². The molecule has 0 aliphatic rings.